The van der Waals surface area contributed by atoms with Crippen molar-refractivity contribution in [3.63, 3.8) is 0 Å². The van der Waals surface area contributed by atoms with Crippen LogP contribution in [0.1, 0.15) is 25.6 Å². The summed E-state index contributed by atoms with van der Waals surface area (Å²) >= 11 is 0.942. The smallest absolute Gasteiger partial charge is 0.284 e. The molecule has 2 aromatic carbocycles. The zero-order chi connectivity index (χ0) is 17.1. The molecule has 1 heterocycles. The molecular formula is C17H13FN2O3S. The summed E-state index contributed by atoms with van der Waals surface area (Å²) in [6.07, 6.45) is 0. The molecule has 0 saturated carbocycles. The molecule has 0 fully saturated rings. The van der Waals surface area contributed by atoms with Crippen molar-refractivity contribution < 1.29 is 19.2 Å². The van der Waals surface area contributed by atoms with E-state index in [4.69, 9.17) is 5.21 Å². The molecule has 24 heavy (non-hydrogen) atoms. The molecule has 0 radical (unpaired) electrons. The first-order valence-electron chi connectivity index (χ1n) is 7.08. The van der Waals surface area contributed by atoms with Crippen molar-refractivity contribution >= 4 is 33.2 Å². The average Bonchev–Trinajstić information content (AvgIpc) is 3.06. The minimum absolute atomic E-state index is 0.0366. The van der Waals surface area contributed by atoms with Gasteiger partial charge in [-0.3, -0.25) is 14.8 Å². The van der Waals surface area contributed by atoms with Gasteiger partial charge in [-0.2, -0.15) is 0 Å². The van der Waals surface area contributed by atoms with Crippen LogP contribution < -0.4 is 10.8 Å². The summed E-state index contributed by atoms with van der Waals surface area (Å²) in [6.45, 7) is 0.0366. The maximum Gasteiger partial charge on any atom is 0.284 e. The number of hydroxylamine groups is 1. The van der Waals surface area contributed by atoms with E-state index in [1.807, 2.05) is 0 Å². The molecule has 3 N–H and O–H groups in total. The van der Waals surface area contributed by atoms with Gasteiger partial charge in [0.05, 0.1) is 9.58 Å². The van der Waals surface area contributed by atoms with Gasteiger partial charge in [0, 0.05) is 17.7 Å². The van der Waals surface area contributed by atoms with Crippen LogP contribution in [0.15, 0.2) is 48.5 Å². The van der Waals surface area contributed by atoms with Crippen molar-refractivity contribution in [1.82, 2.24) is 10.8 Å². The fraction of sp³-hybridized carbons (Fsp3) is 0.0588. The molecule has 3 rings (SSSR count). The Morgan fingerprint density at radius 2 is 1.83 bits per heavy atom. The molecule has 7 heteroatoms. The Morgan fingerprint density at radius 3 is 2.54 bits per heavy atom. The van der Waals surface area contributed by atoms with Gasteiger partial charge in [0.25, 0.3) is 11.8 Å². The second kappa shape index (κ2) is 6.77. The predicted octanol–water partition coefficient (Wildman–Crippen LogP) is 3.09. The zero-order valence-corrected chi connectivity index (χ0v) is 13.2. The number of fused-ring (bicyclic) bond motifs is 1. The van der Waals surface area contributed by atoms with Gasteiger partial charge in [-0.05, 0) is 23.6 Å². The molecule has 0 spiro atoms. The number of thiophene rings is 1. The van der Waals surface area contributed by atoms with Gasteiger partial charge in [0.15, 0.2) is 0 Å². The van der Waals surface area contributed by atoms with Crippen LogP contribution in [0.25, 0.3) is 10.1 Å². The average molecular weight is 344 g/mol. The van der Waals surface area contributed by atoms with Crippen LogP contribution in [0.5, 0.6) is 0 Å². The van der Waals surface area contributed by atoms with Crippen molar-refractivity contribution in [3.8, 4) is 0 Å². The van der Waals surface area contributed by atoms with Gasteiger partial charge in [-0.25, -0.2) is 9.87 Å². The Balaban J connectivity index is 1.81. The van der Waals surface area contributed by atoms with Gasteiger partial charge in [0.2, 0.25) is 0 Å². The summed E-state index contributed by atoms with van der Waals surface area (Å²) < 4.78 is 14.9. The normalized spacial score (nSPS) is 10.6. The van der Waals surface area contributed by atoms with Crippen molar-refractivity contribution in [2.75, 3.05) is 0 Å². The van der Waals surface area contributed by atoms with E-state index >= 15 is 0 Å². The lowest BCUT2D eigenvalue weighted by atomic mass is 10.1. The lowest BCUT2D eigenvalue weighted by molar-refractivity contribution is 0.0711. The maximum atomic E-state index is 14.6. The van der Waals surface area contributed by atoms with E-state index in [1.54, 1.807) is 42.5 Å². The largest absolute Gasteiger partial charge is 0.348 e. The Bertz CT molecular complexity index is 909. The third kappa shape index (κ3) is 3.12. The first-order valence-corrected chi connectivity index (χ1v) is 7.90. The number of rotatable bonds is 4. The molecule has 0 aliphatic heterocycles. The Morgan fingerprint density at radius 1 is 1.08 bits per heavy atom. The van der Waals surface area contributed by atoms with Crippen LogP contribution in [-0.4, -0.2) is 17.0 Å². The van der Waals surface area contributed by atoms with E-state index in [0.717, 1.165) is 11.3 Å². The minimum Gasteiger partial charge on any atom is -0.348 e. The number of nitrogens with one attached hydrogen (secondary N) is 2. The van der Waals surface area contributed by atoms with Gasteiger partial charge < -0.3 is 5.32 Å². The zero-order valence-electron chi connectivity index (χ0n) is 12.4. The number of halogens is 1. The van der Waals surface area contributed by atoms with Crippen LogP contribution in [0.4, 0.5) is 4.39 Å². The fourth-order valence-electron chi connectivity index (χ4n) is 2.28. The molecule has 0 bridgehead atoms. The maximum absolute atomic E-state index is 14.6. The van der Waals surface area contributed by atoms with Gasteiger partial charge >= 0.3 is 0 Å². The summed E-state index contributed by atoms with van der Waals surface area (Å²) in [7, 11) is 0. The number of carbonyl (C=O) groups is 2. The van der Waals surface area contributed by atoms with Crippen molar-refractivity contribution in [3.05, 3.63) is 70.4 Å². The number of carbonyl (C=O) groups excluding carboxylic acids is 2. The topological polar surface area (TPSA) is 78.4 Å². The summed E-state index contributed by atoms with van der Waals surface area (Å²) in [6, 6.07) is 13.4. The molecule has 1 aromatic heterocycles. The summed E-state index contributed by atoms with van der Waals surface area (Å²) in [5, 5.41) is 11.9. The van der Waals surface area contributed by atoms with Gasteiger partial charge in [-0.1, -0.05) is 30.3 Å². The van der Waals surface area contributed by atoms with Gasteiger partial charge in [-0.15, -0.1) is 11.3 Å². The Labute approximate surface area is 140 Å². The van der Waals surface area contributed by atoms with Crippen molar-refractivity contribution in [1.29, 1.82) is 0 Å². The molecule has 0 aliphatic rings. The summed E-state index contributed by atoms with van der Waals surface area (Å²) in [5.74, 6) is -1.46. The SMILES string of the molecule is O=C(NCc1ccc2cc(C(=O)NO)sc2c1F)c1ccccc1. The highest BCUT2D eigenvalue weighted by molar-refractivity contribution is 7.20. The standard InChI is InChI=1S/C17H13FN2O3S/c18-14-12(9-19-16(21)10-4-2-1-3-5-10)7-6-11-8-13(17(22)20-23)24-15(11)14/h1-8,23H,9H2,(H,19,21)(H,20,22). The Hall–Kier alpha value is -2.77. The van der Waals surface area contributed by atoms with E-state index in [2.05, 4.69) is 5.32 Å². The van der Waals surface area contributed by atoms with Crippen molar-refractivity contribution in [2.24, 2.45) is 0 Å². The fourth-order valence-corrected chi connectivity index (χ4v) is 3.29. The first kappa shape index (κ1) is 16.1. The highest BCUT2D eigenvalue weighted by atomic mass is 32.1. The minimum atomic E-state index is -0.686. The van der Waals surface area contributed by atoms with E-state index in [1.165, 1.54) is 11.5 Å². The third-order valence-corrected chi connectivity index (χ3v) is 4.65. The highest BCUT2D eigenvalue weighted by Crippen LogP contribution is 2.30. The highest BCUT2D eigenvalue weighted by Gasteiger charge is 2.15. The lowest BCUT2D eigenvalue weighted by Crippen LogP contribution is -2.23. The number of hydrogen-bond donors (Lipinski definition) is 3. The lowest BCUT2D eigenvalue weighted by Gasteiger charge is -2.07. The van der Waals surface area contributed by atoms with E-state index in [-0.39, 0.29) is 17.3 Å². The van der Waals surface area contributed by atoms with E-state index < -0.39 is 11.7 Å². The second-order valence-corrected chi connectivity index (χ2v) is 6.11. The summed E-state index contributed by atoms with van der Waals surface area (Å²) in [5.41, 5.74) is 2.35. The quantitative estimate of drug-likeness (QED) is 0.503. The molecule has 0 aliphatic carbocycles. The van der Waals surface area contributed by atoms with Crippen LogP contribution in [-0.2, 0) is 6.54 Å². The molecule has 3 aromatic rings. The molecule has 0 saturated heterocycles. The Kier molecular flexibility index (Phi) is 4.54. The van der Waals surface area contributed by atoms with Crippen LogP contribution in [0.3, 0.4) is 0 Å². The third-order valence-electron chi connectivity index (χ3n) is 3.51. The van der Waals surface area contributed by atoms with Gasteiger partial charge in [0.1, 0.15) is 5.82 Å². The molecule has 5 nitrogen and oxygen atoms in total. The number of benzene rings is 2. The van der Waals surface area contributed by atoms with Crippen LogP contribution in [0, 0.1) is 5.82 Å². The molecule has 2 amide bonds. The second-order valence-electron chi connectivity index (χ2n) is 5.06. The molecule has 0 unspecified atom stereocenters. The molecule has 0 atom stereocenters. The number of amides is 2. The van der Waals surface area contributed by atoms with E-state index in [9.17, 15) is 14.0 Å². The van der Waals surface area contributed by atoms with E-state index in [0.29, 0.717) is 21.2 Å². The molecular weight excluding hydrogens is 331 g/mol. The number of hydrogen-bond acceptors (Lipinski definition) is 4. The first-order chi connectivity index (χ1) is 11.6. The predicted molar refractivity (Wildman–Crippen MR) is 88.6 cm³/mol. The van der Waals surface area contributed by atoms with Crippen molar-refractivity contribution in [2.45, 2.75) is 6.54 Å². The van der Waals surface area contributed by atoms with Crippen LogP contribution in [0.2, 0.25) is 0 Å². The molecule has 122 valence electrons. The summed E-state index contributed by atoms with van der Waals surface area (Å²) in [4.78, 5) is 23.6. The monoisotopic (exact) mass is 344 g/mol. The van der Waals surface area contributed by atoms with Crippen LogP contribution >= 0.6 is 11.3 Å².